The van der Waals surface area contributed by atoms with E-state index in [1.165, 1.54) is 11.1 Å². The van der Waals surface area contributed by atoms with Gasteiger partial charge in [-0.05, 0) is 48.9 Å². The van der Waals surface area contributed by atoms with Gasteiger partial charge in [-0.1, -0.05) is 42.5 Å². The summed E-state index contributed by atoms with van der Waals surface area (Å²) in [5.41, 5.74) is 9.58. The molecule has 0 spiro atoms. The van der Waals surface area contributed by atoms with E-state index in [1.807, 2.05) is 12.1 Å². The second-order valence-corrected chi connectivity index (χ2v) is 5.76. The fraction of sp³-hybridized carbons (Fsp3) is 0.278. The zero-order chi connectivity index (χ0) is 14.7. The van der Waals surface area contributed by atoms with Crippen LogP contribution >= 0.6 is 0 Å². The fourth-order valence-electron chi connectivity index (χ4n) is 2.61. The largest absolute Gasteiger partial charge is 0.370 e. The molecule has 3 rings (SSSR count). The number of guanidine groups is 1. The molecule has 1 aliphatic carbocycles. The van der Waals surface area contributed by atoms with Gasteiger partial charge in [0.2, 0.25) is 0 Å². The molecule has 0 aliphatic heterocycles. The highest BCUT2D eigenvalue weighted by Crippen LogP contribution is 2.36. The summed E-state index contributed by atoms with van der Waals surface area (Å²) in [6.07, 6.45) is 2.22. The zero-order valence-corrected chi connectivity index (χ0v) is 12.3. The molecule has 2 atom stereocenters. The van der Waals surface area contributed by atoms with Gasteiger partial charge in [-0.2, -0.15) is 0 Å². The lowest BCUT2D eigenvalue weighted by molar-refractivity contribution is 0.786. The van der Waals surface area contributed by atoms with Crippen molar-refractivity contribution in [3.63, 3.8) is 0 Å². The molecule has 108 valence electrons. The van der Waals surface area contributed by atoms with Gasteiger partial charge in [0.1, 0.15) is 0 Å². The van der Waals surface area contributed by atoms with Gasteiger partial charge in [-0.15, -0.1) is 0 Å². The predicted octanol–water partition coefficient (Wildman–Crippen LogP) is 3.35. The average molecular weight is 279 g/mol. The van der Waals surface area contributed by atoms with Crippen molar-refractivity contribution in [2.24, 2.45) is 16.6 Å². The predicted molar refractivity (Wildman–Crippen MR) is 88.5 cm³/mol. The topological polar surface area (TPSA) is 50.4 Å². The van der Waals surface area contributed by atoms with E-state index in [-0.39, 0.29) is 0 Å². The van der Waals surface area contributed by atoms with Crippen LogP contribution in [-0.2, 0) is 6.42 Å². The van der Waals surface area contributed by atoms with Gasteiger partial charge < -0.3 is 11.1 Å². The van der Waals surface area contributed by atoms with E-state index in [4.69, 9.17) is 5.73 Å². The van der Waals surface area contributed by atoms with E-state index in [9.17, 15) is 0 Å². The maximum Gasteiger partial charge on any atom is 0.193 e. The Kier molecular flexibility index (Phi) is 3.91. The molecule has 2 aromatic carbocycles. The lowest BCUT2D eigenvalue weighted by Crippen LogP contribution is -2.23. The van der Waals surface area contributed by atoms with Crippen molar-refractivity contribution >= 4 is 11.6 Å². The first-order valence-electron chi connectivity index (χ1n) is 7.41. The minimum atomic E-state index is 0.363. The molecular weight excluding hydrogens is 258 g/mol. The maximum atomic E-state index is 5.99. The molecule has 3 nitrogen and oxygen atoms in total. The minimum absolute atomic E-state index is 0.363. The third kappa shape index (κ3) is 3.85. The zero-order valence-electron chi connectivity index (χ0n) is 12.3. The van der Waals surface area contributed by atoms with Gasteiger partial charge in [-0.25, -0.2) is 4.99 Å². The van der Waals surface area contributed by atoms with Crippen LogP contribution in [0.3, 0.4) is 0 Å². The van der Waals surface area contributed by atoms with Crippen LogP contribution in [0, 0.1) is 12.8 Å². The van der Waals surface area contributed by atoms with Crippen LogP contribution in [0.5, 0.6) is 0 Å². The minimum Gasteiger partial charge on any atom is -0.370 e. The van der Waals surface area contributed by atoms with Crippen molar-refractivity contribution in [3.05, 3.63) is 65.7 Å². The Hall–Kier alpha value is -2.29. The van der Waals surface area contributed by atoms with Crippen molar-refractivity contribution in [2.75, 3.05) is 5.32 Å². The lowest BCUT2D eigenvalue weighted by atomic mass is 10.1. The second-order valence-electron chi connectivity index (χ2n) is 5.76. The first-order chi connectivity index (χ1) is 10.2. The molecule has 0 radical (unpaired) electrons. The standard InChI is InChI=1S/C18H21N3/c1-13-6-5-9-16(10-13)20-18(19)21-17-12-15(17)11-14-7-3-2-4-8-14/h2-10,15,17H,11-12H2,1H3,(H3,19,20,21). The molecule has 2 aromatic rings. The van der Waals surface area contributed by atoms with Crippen molar-refractivity contribution in [3.8, 4) is 0 Å². The summed E-state index contributed by atoms with van der Waals surface area (Å²) in [5.74, 6) is 1.14. The number of hydrogen-bond donors (Lipinski definition) is 2. The molecular formula is C18H21N3. The highest BCUT2D eigenvalue weighted by molar-refractivity contribution is 5.92. The Bertz CT molecular complexity index is 634. The van der Waals surface area contributed by atoms with Gasteiger partial charge in [0.15, 0.2) is 5.96 Å². The monoisotopic (exact) mass is 279 g/mol. The first kappa shape index (κ1) is 13.7. The van der Waals surface area contributed by atoms with E-state index in [0.717, 1.165) is 18.5 Å². The van der Waals surface area contributed by atoms with Crippen LogP contribution in [0.15, 0.2) is 59.6 Å². The molecule has 1 aliphatic rings. The quantitative estimate of drug-likeness (QED) is 0.666. The number of anilines is 1. The molecule has 21 heavy (non-hydrogen) atoms. The van der Waals surface area contributed by atoms with E-state index < -0.39 is 0 Å². The van der Waals surface area contributed by atoms with Crippen molar-refractivity contribution < 1.29 is 0 Å². The third-order valence-corrected chi connectivity index (χ3v) is 3.82. The van der Waals surface area contributed by atoms with Crippen molar-refractivity contribution in [2.45, 2.75) is 25.8 Å². The van der Waals surface area contributed by atoms with Crippen LogP contribution in [0.1, 0.15) is 17.5 Å². The second kappa shape index (κ2) is 6.00. The molecule has 1 saturated carbocycles. The summed E-state index contributed by atoms with van der Waals surface area (Å²) >= 11 is 0. The number of rotatable bonds is 4. The van der Waals surface area contributed by atoms with Gasteiger partial charge in [0.25, 0.3) is 0 Å². The Morgan fingerprint density at radius 1 is 1.19 bits per heavy atom. The summed E-state index contributed by atoms with van der Waals surface area (Å²) in [6.45, 7) is 2.06. The molecule has 0 aromatic heterocycles. The summed E-state index contributed by atoms with van der Waals surface area (Å²) in [5, 5.41) is 3.17. The summed E-state index contributed by atoms with van der Waals surface area (Å²) in [6, 6.07) is 19.1. The number of nitrogens with one attached hydrogen (secondary N) is 1. The van der Waals surface area contributed by atoms with E-state index in [2.05, 4.69) is 59.7 Å². The van der Waals surface area contributed by atoms with Crippen LogP contribution < -0.4 is 11.1 Å². The van der Waals surface area contributed by atoms with Gasteiger partial charge in [0.05, 0.1) is 6.04 Å². The molecule has 1 fully saturated rings. The van der Waals surface area contributed by atoms with Crippen molar-refractivity contribution in [1.82, 2.24) is 0 Å². The van der Waals surface area contributed by atoms with Crippen LogP contribution in [0.4, 0.5) is 5.69 Å². The van der Waals surface area contributed by atoms with E-state index in [0.29, 0.717) is 17.9 Å². The van der Waals surface area contributed by atoms with E-state index in [1.54, 1.807) is 0 Å². The maximum absolute atomic E-state index is 5.99. The van der Waals surface area contributed by atoms with Crippen LogP contribution in [0.2, 0.25) is 0 Å². The van der Waals surface area contributed by atoms with Gasteiger partial charge in [0, 0.05) is 5.69 Å². The highest BCUT2D eigenvalue weighted by Gasteiger charge is 2.36. The van der Waals surface area contributed by atoms with Gasteiger partial charge >= 0.3 is 0 Å². The smallest absolute Gasteiger partial charge is 0.193 e. The average Bonchev–Trinajstić information content (AvgIpc) is 3.17. The normalized spacial score (nSPS) is 21.1. The molecule has 0 heterocycles. The SMILES string of the molecule is Cc1cccc(NC(N)=NC2CC2Cc2ccccc2)c1. The van der Waals surface area contributed by atoms with Crippen LogP contribution in [0.25, 0.3) is 0 Å². The molecule has 2 unspecified atom stereocenters. The Balaban J connectivity index is 1.54. The number of hydrogen-bond acceptors (Lipinski definition) is 1. The summed E-state index contributed by atoms with van der Waals surface area (Å²) < 4.78 is 0. The number of nitrogens with zero attached hydrogens (tertiary/aromatic N) is 1. The highest BCUT2D eigenvalue weighted by atomic mass is 15.1. The molecule has 3 N–H and O–H groups in total. The number of aryl methyl sites for hydroxylation is 1. The number of nitrogens with two attached hydrogens (primary N) is 1. The third-order valence-electron chi connectivity index (χ3n) is 3.82. The molecule has 0 amide bonds. The van der Waals surface area contributed by atoms with Crippen LogP contribution in [-0.4, -0.2) is 12.0 Å². The van der Waals surface area contributed by atoms with E-state index >= 15 is 0 Å². The fourth-order valence-corrected chi connectivity index (χ4v) is 2.61. The summed E-state index contributed by atoms with van der Waals surface area (Å²) in [4.78, 5) is 4.57. The number of aliphatic imine (C=N–C) groups is 1. The summed E-state index contributed by atoms with van der Waals surface area (Å²) in [7, 11) is 0. The van der Waals surface area contributed by atoms with Crippen molar-refractivity contribution in [1.29, 1.82) is 0 Å². The first-order valence-corrected chi connectivity index (χ1v) is 7.41. The Morgan fingerprint density at radius 2 is 2.00 bits per heavy atom. The number of benzene rings is 2. The Morgan fingerprint density at radius 3 is 2.76 bits per heavy atom. The molecule has 3 heteroatoms. The molecule has 0 bridgehead atoms. The van der Waals surface area contributed by atoms with Gasteiger partial charge in [-0.3, -0.25) is 0 Å². The molecule has 0 saturated heterocycles. The Labute approximate surface area is 125 Å². The lowest BCUT2D eigenvalue weighted by Gasteiger charge is -2.06.